The van der Waals surface area contributed by atoms with Gasteiger partial charge in [-0.05, 0) is 58.7 Å². The zero-order chi connectivity index (χ0) is 25.4. The Morgan fingerprint density at radius 1 is 0.444 bits per heavy atom. The van der Waals surface area contributed by atoms with Crippen molar-refractivity contribution in [3.63, 3.8) is 0 Å². The van der Waals surface area contributed by atoms with Crippen molar-refractivity contribution >= 4 is 32.4 Å². The Bertz CT molecular complexity index is 1430. The van der Waals surface area contributed by atoms with E-state index in [2.05, 4.69) is 0 Å². The summed E-state index contributed by atoms with van der Waals surface area (Å²) in [5, 5.41) is 0. The quantitative estimate of drug-likeness (QED) is 0.196. The lowest BCUT2D eigenvalue weighted by Crippen LogP contribution is -2.02. The number of rotatable bonds is 9. The van der Waals surface area contributed by atoms with E-state index in [1.807, 2.05) is 60.7 Å². The fourth-order valence-electron chi connectivity index (χ4n) is 3.23. The van der Waals surface area contributed by atoms with Crippen LogP contribution < -0.4 is 0 Å². The summed E-state index contributed by atoms with van der Waals surface area (Å²) in [6, 6.07) is 30.6. The third kappa shape index (κ3) is 6.50. The second-order valence-corrected chi connectivity index (χ2v) is 10.7. The van der Waals surface area contributed by atoms with Gasteiger partial charge in [0.25, 0.3) is 0 Å². The van der Waals surface area contributed by atoms with Crippen LogP contribution in [0.4, 0.5) is 0 Å². The zero-order valence-corrected chi connectivity index (χ0v) is 20.6. The summed E-state index contributed by atoms with van der Waals surface area (Å²) in [4.78, 5) is 0.00326. The molecule has 0 aliphatic heterocycles. The molecule has 0 fully saturated rings. The van der Waals surface area contributed by atoms with E-state index >= 15 is 0 Å². The molecule has 4 rings (SSSR count). The van der Waals surface area contributed by atoms with E-state index in [1.165, 1.54) is 24.3 Å². The molecule has 6 nitrogen and oxygen atoms in total. The molecule has 0 aliphatic rings. The van der Waals surface area contributed by atoms with E-state index in [-0.39, 0.29) is 9.79 Å². The molecule has 4 aromatic rings. The molecule has 0 heterocycles. The van der Waals surface area contributed by atoms with E-state index in [9.17, 15) is 16.8 Å². The van der Waals surface area contributed by atoms with Crippen LogP contribution in [0, 0.1) is 0 Å². The predicted molar refractivity (Wildman–Crippen MR) is 139 cm³/mol. The number of hydrogen-bond donors (Lipinski definition) is 0. The summed E-state index contributed by atoms with van der Waals surface area (Å²) in [6.07, 6.45) is 5.38. The highest BCUT2D eigenvalue weighted by Gasteiger charge is 2.16. The predicted octanol–water partition coefficient (Wildman–Crippen LogP) is 6.11. The summed E-state index contributed by atoms with van der Waals surface area (Å²) in [5.41, 5.74) is 3.04. The van der Waals surface area contributed by atoms with Gasteiger partial charge in [0.2, 0.25) is 0 Å². The van der Waals surface area contributed by atoms with Crippen molar-refractivity contribution in [3.8, 4) is 11.1 Å². The third-order valence-corrected chi connectivity index (χ3v) is 7.53. The van der Waals surface area contributed by atoms with Crippen molar-refractivity contribution < 1.29 is 25.2 Å². The van der Waals surface area contributed by atoms with E-state index < -0.39 is 20.2 Å². The maximum Gasteiger partial charge on any atom is 0.338 e. The Morgan fingerprint density at radius 2 is 0.778 bits per heavy atom. The largest absolute Gasteiger partial charge is 0.387 e. The molecule has 0 amide bonds. The van der Waals surface area contributed by atoms with Gasteiger partial charge in [0.05, 0.1) is 0 Å². The summed E-state index contributed by atoms with van der Waals surface area (Å²) < 4.78 is 59.7. The average molecular weight is 519 g/mol. The van der Waals surface area contributed by atoms with Crippen molar-refractivity contribution in [2.75, 3.05) is 0 Å². The van der Waals surface area contributed by atoms with Crippen LogP contribution in [-0.4, -0.2) is 16.8 Å². The summed E-state index contributed by atoms with van der Waals surface area (Å²) in [6.45, 7) is 0. The molecular formula is C28H22O6S2. The standard InChI is InChI=1S/C28H22O6S2/c29-35(30,33-21-19-23-7-3-1-4-8-23)27-15-11-25(12-16-27)26-13-17-28(18-14-26)36(31,32)34-22-20-24-9-5-2-6-10-24/h1-22H/b21-19+,22-20+. The minimum atomic E-state index is -3.97. The van der Waals surface area contributed by atoms with E-state index in [0.29, 0.717) is 11.1 Å². The van der Waals surface area contributed by atoms with E-state index in [1.54, 1.807) is 36.4 Å². The highest BCUT2D eigenvalue weighted by Crippen LogP contribution is 2.24. The summed E-state index contributed by atoms with van der Waals surface area (Å²) >= 11 is 0. The zero-order valence-electron chi connectivity index (χ0n) is 19.0. The molecule has 36 heavy (non-hydrogen) atoms. The van der Waals surface area contributed by atoms with E-state index in [4.69, 9.17) is 8.37 Å². The third-order valence-electron chi connectivity index (χ3n) is 5.10. The Morgan fingerprint density at radius 3 is 1.11 bits per heavy atom. The SMILES string of the molecule is O=S(=O)(O/C=C/c1ccccc1)c1ccc(-c2ccc(S(=O)(=O)O/C=C/c3ccccc3)cc2)cc1. The molecule has 0 saturated heterocycles. The van der Waals surface area contributed by atoms with Crippen LogP contribution in [0.2, 0.25) is 0 Å². The molecule has 0 N–H and O–H groups in total. The summed E-state index contributed by atoms with van der Waals surface area (Å²) in [5.74, 6) is 0. The van der Waals surface area contributed by atoms with Crippen LogP contribution in [0.1, 0.15) is 11.1 Å². The van der Waals surface area contributed by atoms with Crippen molar-refractivity contribution in [2.45, 2.75) is 9.79 Å². The van der Waals surface area contributed by atoms with Gasteiger partial charge >= 0.3 is 20.2 Å². The van der Waals surface area contributed by atoms with Crippen LogP contribution in [0.25, 0.3) is 23.3 Å². The summed E-state index contributed by atoms with van der Waals surface area (Å²) in [7, 11) is -7.95. The Hall–Kier alpha value is -4.14. The van der Waals surface area contributed by atoms with Crippen molar-refractivity contribution in [2.24, 2.45) is 0 Å². The molecule has 0 radical (unpaired) electrons. The molecule has 0 bridgehead atoms. The maximum absolute atomic E-state index is 12.4. The van der Waals surface area contributed by atoms with Crippen LogP contribution in [-0.2, 0) is 28.6 Å². The van der Waals surface area contributed by atoms with Gasteiger partial charge in [-0.15, -0.1) is 0 Å². The lowest BCUT2D eigenvalue weighted by atomic mass is 10.1. The number of hydrogen-bond acceptors (Lipinski definition) is 6. The van der Waals surface area contributed by atoms with Gasteiger partial charge in [0.15, 0.2) is 0 Å². The van der Waals surface area contributed by atoms with Crippen molar-refractivity contribution in [1.29, 1.82) is 0 Å². The molecule has 182 valence electrons. The fourth-order valence-corrected chi connectivity index (χ4v) is 4.79. The first-order valence-corrected chi connectivity index (χ1v) is 13.7. The first-order valence-electron chi connectivity index (χ1n) is 10.8. The van der Waals surface area contributed by atoms with Gasteiger partial charge in [-0.1, -0.05) is 84.9 Å². The molecular weight excluding hydrogens is 496 g/mol. The normalized spacial score (nSPS) is 12.1. The van der Waals surface area contributed by atoms with E-state index in [0.717, 1.165) is 23.7 Å². The topological polar surface area (TPSA) is 86.7 Å². The van der Waals surface area contributed by atoms with Gasteiger partial charge < -0.3 is 8.37 Å². The number of benzene rings is 4. The molecule has 8 heteroatoms. The minimum Gasteiger partial charge on any atom is -0.387 e. The van der Waals surface area contributed by atoms with Crippen LogP contribution >= 0.6 is 0 Å². The van der Waals surface area contributed by atoms with Crippen LogP contribution in [0.15, 0.2) is 132 Å². The smallest absolute Gasteiger partial charge is 0.338 e. The van der Waals surface area contributed by atoms with Crippen molar-refractivity contribution in [3.05, 3.63) is 133 Å². The minimum absolute atomic E-state index is 0.00163. The monoisotopic (exact) mass is 518 g/mol. The lowest BCUT2D eigenvalue weighted by molar-refractivity contribution is 0.444. The van der Waals surface area contributed by atoms with Gasteiger partial charge in [0, 0.05) is 0 Å². The van der Waals surface area contributed by atoms with Crippen molar-refractivity contribution in [1.82, 2.24) is 0 Å². The Labute approximate surface area is 211 Å². The fraction of sp³-hybridized carbons (Fsp3) is 0. The van der Waals surface area contributed by atoms with Crippen LogP contribution in [0.3, 0.4) is 0 Å². The second kappa shape index (κ2) is 11.1. The first-order chi connectivity index (χ1) is 17.3. The highest BCUT2D eigenvalue weighted by atomic mass is 32.2. The molecule has 0 spiro atoms. The molecule has 0 unspecified atom stereocenters. The molecule has 0 saturated carbocycles. The first kappa shape index (κ1) is 25.0. The van der Waals surface area contributed by atoms with Gasteiger partial charge in [0.1, 0.15) is 22.3 Å². The lowest BCUT2D eigenvalue weighted by Gasteiger charge is -2.07. The molecule has 4 aromatic carbocycles. The molecule has 0 aliphatic carbocycles. The molecule has 0 atom stereocenters. The highest BCUT2D eigenvalue weighted by molar-refractivity contribution is 7.87. The van der Waals surface area contributed by atoms with Gasteiger partial charge in [-0.2, -0.15) is 16.8 Å². The Kier molecular flexibility index (Phi) is 7.68. The van der Waals surface area contributed by atoms with Gasteiger partial charge in [-0.25, -0.2) is 0 Å². The second-order valence-electron chi connectivity index (χ2n) is 7.58. The van der Waals surface area contributed by atoms with Gasteiger partial charge in [-0.3, -0.25) is 0 Å². The average Bonchev–Trinajstić information content (AvgIpc) is 2.90. The van der Waals surface area contributed by atoms with Crippen LogP contribution in [0.5, 0.6) is 0 Å². The Balaban J connectivity index is 1.41. The maximum atomic E-state index is 12.4. The molecule has 0 aromatic heterocycles.